The van der Waals surface area contributed by atoms with Crippen molar-refractivity contribution in [1.82, 2.24) is 5.32 Å². The van der Waals surface area contributed by atoms with E-state index in [4.69, 9.17) is 0 Å². The lowest BCUT2D eigenvalue weighted by Gasteiger charge is -2.14. The summed E-state index contributed by atoms with van der Waals surface area (Å²) in [5.74, 6) is -0.187. The van der Waals surface area contributed by atoms with Gasteiger partial charge in [-0.15, -0.1) is 13.2 Å². The summed E-state index contributed by atoms with van der Waals surface area (Å²) < 4.78 is 39.6. The Bertz CT molecular complexity index is 398. The van der Waals surface area contributed by atoms with Crippen LogP contribution in [0.5, 0.6) is 5.75 Å². The Morgan fingerprint density at radius 3 is 2.80 bits per heavy atom. The van der Waals surface area contributed by atoms with Gasteiger partial charge >= 0.3 is 6.36 Å². The third-order valence-electron chi connectivity index (χ3n) is 2.02. The Labute approximate surface area is 84.4 Å². The second-order valence-corrected chi connectivity index (χ2v) is 3.12. The maximum atomic E-state index is 11.9. The van der Waals surface area contributed by atoms with E-state index in [0.717, 1.165) is 11.1 Å². The maximum Gasteiger partial charge on any atom is 0.573 e. The van der Waals surface area contributed by atoms with Gasteiger partial charge in [-0.1, -0.05) is 6.07 Å². The van der Waals surface area contributed by atoms with Crippen molar-refractivity contribution in [2.24, 2.45) is 0 Å². The van der Waals surface area contributed by atoms with Gasteiger partial charge in [0.25, 0.3) is 0 Å². The topological polar surface area (TPSA) is 21.3 Å². The maximum absolute atomic E-state index is 11.9. The minimum Gasteiger partial charge on any atom is -0.406 e. The van der Waals surface area contributed by atoms with Crippen molar-refractivity contribution in [1.29, 1.82) is 0 Å². The molecule has 2 rings (SSSR count). The van der Waals surface area contributed by atoms with E-state index in [1.54, 1.807) is 18.3 Å². The van der Waals surface area contributed by atoms with Crippen molar-refractivity contribution < 1.29 is 17.9 Å². The average Bonchev–Trinajstić information content (AvgIpc) is 2.15. The van der Waals surface area contributed by atoms with Crippen LogP contribution in [0.1, 0.15) is 11.1 Å². The lowest BCUT2D eigenvalue weighted by molar-refractivity contribution is -0.274. The van der Waals surface area contributed by atoms with Crippen LogP contribution in [0.15, 0.2) is 24.4 Å². The zero-order valence-corrected chi connectivity index (χ0v) is 7.64. The van der Waals surface area contributed by atoms with Crippen LogP contribution in [0, 0.1) is 0 Å². The highest BCUT2D eigenvalue weighted by molar-refractivity contribution is 5.57. The monoisotopic (exact) mass is 215 g/mol. The molecule has 0 aliphatic carbocycles. The van der Waals surface area contributed by atoms with Crippen LogP contribution in [-0.4, -0.2) is 6.36 Å². The Morgan fingerprint density at radius 1 is 1.27 bits per heavy atom. The van der Waals surface area contributed by atoms with E-state index < -0.39 is 6.36 Å². The largest absolute Gasteiger partial charge is 0.573 e. The van der Waals surface area contributed by atoms with Crippen molar-refractivity contribution in [2.45, 2.75) is 12.9 Å². The van der Waals surface area contributed by atoms with Crippen molar-refractivity contribution in [3.63, 3.8) is 0 Å². The van der Waals surface area contributed by atoms with Crippen molar-refractivity contribution >= 4 is 6.08 Å². The summed E-state index contributed by atoms with van der Waals surface area (Å²) in [4.78, 5) is 0. The Kier molecular flexibility index (Phi) is 2.30. The van der Waals surface area contributed by atoms with Crippen LogP contribution in [-0.2, 0) is 6.54 Å². The van der Waals surface area contributed by atoms with Crippen molar-refractivity contribution in [2.75, 3.05) is 0 Å². The zero-order chi connectivity index (χ0) is 10.9. The SMILES string of the molecule is FC(F)(F)Oc1ccc2c(c1)C=CNC2. The van der Waals surface area contributed by atoms with Crippen LogP contribution in [0.3, 0.4) is 0 Å². The third-order valence-corrected chi connectivity index (χ3v) is 2.02. The molecule has 1 N–H and O–H groups in total. The molecule has 0 saturated carbocycles. The number of ether oxygens (including phenoxy) is 1. The summed E-state index contributed by atoms with van der Waals surface area (Å²) >= 11 is 0. The summed E-state index contributed by atoms with van der Waals surface area (Å²) in [5, 5.41) is 2.97. The van der Waals surface area contributed by atoms with E-state index in [1.807, 2.05) is 0 Å². The van der Waals surface area contributed by atoms with Gasteiger partial charge in [0.05, 0.1) is 0 Å². The van der Waals surface area contributed by atoms with Gasteiger partial charge < -0.3 is 10.1 Å². The molecule has 2 nitrogen and oxygen atoms in total. The predicted molar refractivity (Wildman–Crippen MR) is 49.0 cm³/mol. The van der Waals surface area contributed by atoms with Crippen molar-refractivity contribution in [3.05, 3.63) is 35.5 Å². The molecule has 80 valence electrons. The molecule has 0 radical (unpaired) electrons. The molecular formula is C10H8F3NO. The summed E-state index contributed by atoms with van der Waals surface area (Å²) in [5.41, 5.74) is 1.70. The first-order valence-corrected chi connectivity index (χ1v) is 4.33. The van der Waals surface area contributed by atoms with E-state index >= 15 is 0 Å². The molecular weight excluding hydrogens is 207 g/mol. The Balaban J connectivity index is 2.26. The molecule has 0 spiro atoms. The van der Waals surface area contributed by atoms with Crippen LogP contribution >= 0.6 is 0 Å². The molecule has 1 aliphatic heterocycles. The van der Waals surface area contributed by atoms with E-state index in [-0.39, 0.29) is 5.75 Å². The smallest absolute Gasteiger partial charge is 0.406 e. The normalized spacial score (nSPS) is 14.3. The lowest BCUT2D eigenvalue weighted by atomic mass is 10.1. The van der Waals surface area contributed by atoms with E-state index in [1.165, 1.54) is 12.1 Å². The minimum absolute atomic E-state index is 0.187. The Morgan fingerprint density at radius 2 is 2.07 bits per heavy atom. The number of hydrogen-bond acceptors (Lipinski definition) is 2. The van der Waals surface area contributed by atoms with Crippen molar-refractivity contribution in [3.8, 4) is 5.75 Å². The molecule has 0 aromatic heterocycles. The highest BCUT2D eigenvalue weighted by Crippen LogP contribution is 2.26. The van der Waals surface area contributed by atoms with E-state index in [2.05, 4.69) is 10.1 Å². The fourth-order valence-corrected chi connectivity index (χ4v) is 1.40. The van der Waals surface area contributed by atoms with Gasteiger partial charge in [0.1, 0.15) is 5.75 Å². The van der Waals surface area contributed by atoms with Gasteiger partial charge in [0, 0.05) is 6.54 Å². The number of fused-ring (bicyclic) bond motifs is 1. The van der Waals surface area contributed by atoms with Crippen LogP contribution in [0.25, 0.3) is 6.08 Å². The van der Waals surface area contributed by atoms with E-state index in [0.29, 0.717) is 6.54 Å². The van der Waals surface area contributed by atoms with Crippen LogP contribution in [0.4, 0.5) is 13.2 Å². The van der Waals surface area contributed by atoms with Gasteiger partial charge in [0.15, 0.2) is 0 Å². The molecule has 0 unspecified atom stereocenters. The minimum atomic E-state index is -4.63. The van der Waals surface area contributed by atoms with E-state index in [9.17, 15) is 13.2 Å². The summed E-state index contributed by atoms with van der Waals surface area (Å²) in [6, 6.07) is 4.31. The molecule has 15 heavy (non-hydrogen) atoms. The van der Waals surface area contributed by atoms with Crippen LogP contribution < -0.4 is 10.1 Å². The molecule has 1 heterocycles. The Hall–Kier alpha value is -1.65. The highest BCUT2D eigenvalue weighted by atomic mass is 19.4. The first-order chi connectivity index (χ1) is 7.04. The molecule has 0 fully saturated rings. The van der Waals surface area contributed by atoms with Gasteiger partial charge in [-0.25, -0.2) is 0 Å². The number of halogens is 3. The molecule has 1 aromatic carbocycles. The second-order valence-electron chi connectivity index (χ2n) is 3.12. The molecule has 0 bridgehead atoms. The molecule has 1 aromatic rings. The van der Waals surface area contributed by atoms with Crippen LogP contribution in [0.2, 0.25) is 0 Å². The standard InChI is InChI=1S/C10H8F3NO/c11-10(12,13)15-9-2-1-8-6-14-4-3-7(8)5-9/h1-5,14H,6H2. The summed E-state index contributed by atoms with van der Waals surface area (Å²) in [6.07, 6.45) is -1.23. The number of nitrogens with one attached hydrogen (secondary N) is 1. The third kappa shape index (κ3) is 2.43. The number of alkyl halides is 3. The molecule has 0 amide bonds. The molecule has 0 atom stereocenters. The van der Waals surface area contributed by atoms with Gasteiger partial charge in [-0.2, -0.15) is 0 Å². The number of hydrogen-bond donors (Lipinski definition) is 1. The molecule has 1 aliphatic rings. The van der Waals surface area contributed by atoms with Gasteiger partial charge in [0.2, 0.25) is 0 Å². The first kappa shape index (κ1) is 9.89. The fraction of sp³-hybridized carbons (Fsp3) is 0.200. The van der Waals surface area contributed by atoms with Gasteiger partial charge in [-0.05, 0) is 35.5 Å². The average molecular weight is 215 g/mol. The van der Waals surface area contributed by atoms with Gasteiger partial charge in [-0.3, -0.25) is 0 Å². The predicted octanol–water partition coefficient (Wildman–Crippen LogP) is 2.66. The lowest BCUT2D eigenvalue weighted by Crippen LogP contribution is -2.17. The summed E-state index contributed by atoms with van der Waals surface area (Å²) in [7, 11) is 0. The summed E-state index contributed by atoms with van der Waals surface area (Å²) in [6.45, 7) is 0.623. The second kappa shape index (κ2) is 3.49. The quantitative estimate of drug-likeness (QED) is 0.777. The zero-order valence-electron chi connectivity index (χ0n) is 7.64. The highest BCUT2D eigenvalue weighted by Gasteiger charge is 2.31. The fourth-order valence-electron chi connectivity index (χ4n) is 1.40. The first-order valence-electron chi connectivity index (χ1n) is 4.33. The number of rotatable bonds is 1. The molecule has 5 heteroatoms. The molecule has 0 saturated heterocycles. The number of benzene rings is 1.